The Labute approximate surface area is 125 Å². The quantitative estimate of drug-likeness (QED) is 0.769. The zero-order valence-electron chi connectivity index (χ0n) is 10.2. The summed E-state index contributed by atoms with van der Waals surface area (Å²) in [5, 5.41) is 5.43. The number of hydrogen-bond donors (Lipinski definition) is 1. The average Bonchev–Trinajstić information content (AvgIpc) is 2.72. The summed E-state index contributed by atoms with van der Waals surface area (Å²) in [6.07, 6.45) is 0.861. The molecule has 0 fully saturated rings. The second kappa shape index (κ2) is 5.83. The van der Waals surface area contributed by atoms with Crippen LogP contribution in [-0.2, 0) is 13.0 Å². The smallest absolute Gasteiger partial charge is 0.154 e. The van der Waals surface area contributed by atoms with E-state index in [0.29, 0.717) is 22.2 Å². The van der Waals surface area contributed by atoms with Crippen molar-refractivity contribution in [3.8, 4) is 0 Å². The number of rotatable bonds is 4. The molecule has 0 aliphatic carbocycles. The number of benzene rings is 1. The maximum absolute atomic E-state index is 6.34. The third kappa shape index (κ3) is 2.42. The van der Waals surface area contributed by atoms with Crippen molar-refractivity contribution < 1.29 is 4.42 Å². The topological polar surface area (TPSA) is 25.2 Å². The molecule has 5 heteroatoms. The molecule has 0 atom stereocenters. The van der Waals surface area contributed by atoms with Crippen LogP contribution in [-0.4, -0.2) is 6.54 Å². The summed E-state index contributed by atoms with van der Waals surface area (Å²) in [5.41, 5.74) is 1.80. The Hall–Kier alpha value is -0.220. The van der Waals surface area contributed by atoms with Crippen LogP contribution in [0.4, 0.5) is 0 Å². The first-order valence-electron chi connectivity index (χ1n) is 5.88. The molecule has 0 spiro atoms. The van der Waals surface area contributed by atoms with Crippen LogP contribution in [0, 0.1) is 0 Å². The third-order valence-electron chi connectivity index (χ3n) is 2.88. The number of hydrogen-bond acceptors (Lipinski definition) is 2. The second-order valence-electron chi connectivity index (χ2n) is 4.00. The van der Waals surface area contributed by atoms with E-state index in [9.17, 15) is 0 Å². The van der Waals surface area contributed by atoms with Crippen molar-refractivity contribution in [3.05, 3.63) is 31.9 Å². The van der Waals surface area contributed by atoms with Crippen LogP contribution in [0.3, 0.4) is 0 Å². The molecule has 1 heterocycles. The van der Waals surface area contributed by atoms with Gasteiger partial charge in [0.05, 0.1) is 16.6 Å². The van der Waals surface area contributed by atoms with E-state index < -0.39 is 0 Å². The first-order valence-corrected chi connectivity index (χ1v) is 7.43. The molecule has 1 aromatic heterocycles. The van der Waals surface area contributed by atoms with Gasteiger partial charge in [0.2, 0.25) is 0 Å². The van der Waals surface area contributed by atoms with E-state index in [4.69, 9.17) is 27.6 Å². The lowest BCUT2D eigenvalue weighted by molar-refractivity contribution is 0.514. The Morgan fingerprint density at radius 3 is 2.67 bits per heavy atom. The minimum Gasteiger partial charge on any atom is -0.458 e. The van der Waals surface area contributed by atoms with Gasteiger partial charge < -0.3 is 9.73 Å². The highest BCUT2D eigenvalue weighted by Gasteiger charge is 2.19. The first-order chi connectivity index (χ1) is 8.60. The normalized spacial score (nSPS) is 11.4. The molecule has 18 heavy (non-hydrogen) atoms. The van der Waals surface area contributed by atoms with Crippen molar-refractivity contribution in [1.82, 2.24) is 5.32 Å². The minimum atomic E-state index is 0.582. The summed E-state index contributed by atoms with van der Waals surface area (Å²) in [5.74, 6) is 0.913. The summed E-state index contributed by atoms with van der Waals surface area (Å²) in [4.78, 5) is 0. The highest BCUT2D eigenvalue weighted by molar-refractivity contribution is 9.10. The zero-order chi connectivity index (χ0) is 13.3. The van der Waals surface area contributed by atoms with Crippen molar-refractivity contribution in [2.45, 2.75) is 26.8 Å². The van der Waals surface area contributed by atoms with Crippen LogP contribution in [0.5, 0.6) is 0 Å². The Balaban J connectivity index is 2.68. The highest BCUT2D eigenvalue weighted by atomic mass is 79.9. The molecule has 0 saturated carbocycles. The maximum Gasteiger partial charge on any atom is 0.154 e. The maximum atomic E-state index is 6.34. The molecular weight excluding hydrogens is 337 g/mol. The fraction of sp³-hybridized carbons (Fsp3) is 0.385. The van der Waals surface area contributed by atoms with Crippen LogP contribution < -0.4 is 5.32 Å². The van der Waals surface area contributed by atoms with Gasteiger partial charge in [-0.25, -0.2) is 0 Å². The molecule has 98 valence electrons. The van der Waals surface area contributed by atoms with Crippen LogP contribution in [0.15, 0.2) is 15.0 Å². The highest BCUT2D eigenvalue weighted by Crippen LogP contribution is 2.40. The van der Waals surface area contributed by atoms with Crippen molar-refractivity contribution in [3.63, 3.8) is 0 Å². The third-order valence-corrected chi connectivity index (χ3v) is 4.41. The van der Waals surface area contributed by atoms with Crippen LogP contribution in [0.1, 0.15) is 25.2 Å². The monoisotopic (exact) mass is 349 g/mol. The summed E-state index contributed by atoms with van der Waals surface area (Å²) in [6, 6.07) is 1.77. The van der Waals surface area contributed by atoms with Crippen LogP contribution in [0.2, 0.25) is 10.0 Å². The van der Waals surface area contributed by atoms with E-state index in [1.165, 1.54) is 0 Å². The largest absolute Gasteiger partial charge is 0.458 e. The molecule has 0 amide bonds. The van der Waals surface area contributed by atoms with Gasteiger partial charge in [-0.2, -0.15) is 0 Å². The van der Waals surface area contributed by atoms with Crippen molar-refractivity contribution in [1.29, 1.82) is 0 Å². The van der Waals surface area contributed by atoms with Gasteiger partial charge in [0.1, 0.15) is 5.76 Å². The Kier molecular flexibility index (Phi) is 4.59. The first kappa shape index (κ1) is 14.2. The molecule has 2 nitrogen and oxygen atoms in total. The van der Waals surface area contributed by atoms with Crippen molar-refractivity contribution in [2.24, 2.45) is 0 Å². The van der Waals surface area contributed by atoms with E-state index in [1.807, 2.05) is 0 Å². The van der Waals surface area contributed by atoms with Gasteiger partial charge in [0, 0.05) is 15.4 Å². The van der Waals surface area contributed by atoms with Crippen molar-refractivity contribution >= 4 is 50.1 Å². The molecule has 0 unspecified atom stereocenters. The number of aryl methyl sites for hydroxylation is 1. The molecule has 0 aliphatic rings. The minimum absolute atomic E-state index is 0.582. The Bertz CT molecular complexity index is 580. The molecule has 0 radical (unpaired) electrons. The fourth-order valence-corrected chi connectivity index (χ4v) is 3.08. The number of nitrogens with one attached hydrogen (secondary N) is 1. The lowest BCUT2D eigenvalue weighted by Crippen LogP contribution is -2.12. The summed E-state index contributed by atoms with van der Waals surface area (Å²) < 4.78 is 6.66. The zero-order valence-corrected chi connectivity index (χ0v) is 13.3. The fourth-order valence-electron chi connectivity index (χ4n) is 2.03. The summed E-state index contributed by atoms with van der Waals surface area (Å²) >= 11 is 16.0. The molecule has 0 saturated heterocycles. The second-order valence-corrected chi connectivity index (χ2v) is 5.64. The number of fused-ring (bicyclic) bond motifs is 1. The number of halogens is 3. The van der Waals surface area contributed by atoms with E-state index in [-0.39, 0.29) is 0 Å². The van der Waals surface area contributed by atoms with E-state index in [0.717, 1.165) is 34.1 Å². The molecule has 1 aromatic carbocycles. The predicted molar refractivity (Wildman–Crippen MR) is 80.7 cm³/mol. The molecule has 2 rings (SSSR count). The predicted octanol–water partition coefficient (Wildman–Crippen LogP) is 5.17. The van der Waals surface area contributed by atoms with E-state index >= 15 is 0 Å². The summed E-state index contributed by atoms with van der Waals surface area (Å²) in [6.45, 7) is 5.74. The van der Waals surface area contributed by atoms with Gasteiger partial charge in [-0.05, 0) is 35.0 Å². The van der Waals surface area contributed by atoms with Gasteiger partial charge in [0.25, 0.3) is 0 Å². The van der Waals surface area contributed by atoms with Gasteiger partial charge in [-0.15, -0.1) is 0 Å². The van der Waals surface area contributed by atoms with E-state index in [2.05, 4.69) is 35.1 Å². The van der Waals surface area contributed by atoms with E-state index in [1.54, 1.807) is 6.07 Å². The van der Waals surface area contributed by atoms with Crippen molar-refractivity contribution in [2.75, 3.05) is 6.54 Å². The van der Waals surface area contributed by atoms with Gasteiger partial charge in [-0.3, -0.25) is 0 Å². The van der Waals surface area contributed by atoms with Crippen LogP contribution in [0.25, 0.3) is 11.0 Å². The lowest BCUT2D eigenvalue weighted by Gasteiger charge is -2.02. The molecule has 2 aromatic rings. The van der Waals surface area contributed by atoms with Gasteiger partial charge >= 0.3 is 0 Å². The van der Waals surface area contributed by atoms with Gasteiger partial charge in [0.15, 0.2) is 5.58 Å². The Morgan fingerprint density at radius 1 is 1.33 bits per heavy atom. The molecule has 0 bridgehead atoms. The molecule has 1 N–H and O–H groups in total. The SMILES string of the molecule is CCNCc1oc2c(Cl)cc(Br)c(Cl)c2c1CC. The Morgan fingerprint density at radius 2 is 2.06 bits per heavy atom. The van der Waals surface area contributed by atoms with Gasteiger partial charge in [-0.1, -0.05) is 37.0 Å². The number of furan rings is 1. The van der Waals surface area contributed by atoms with Crippen LogP contribution >= 0.6 is 39.1 Å². The standard InChI is InChI=1S/C13H14BrCl2NO/c1-3-7-10(6-17-4-2)18-13-9(15)5-8(14)12(16)11(7)13/h5,17H,3-4,6H2,1-2H3. The average molecular weight is 351 g/mol. The summed E-state index contributed by atoms with van der Waals surface area (Å²) in [7, 11) is 0. The lowest BCUT2D eigenvalue weighted by atomic mass is 10.1. The molecular formula is C13H14BrCl2NO. The molecule has 0 aliphatic heterocycles.